The Kier molecular flexibility index (Phi) is 5.99. The van der Waals surface area contributed by atoms with Crippen LogP contribution in [0.4, 0.5) is 5.69 Å². The van der Waals surface area contributed by atoms with Crippen LogP contribution in [0.3, 0.4) is 0 Å². The van der Waals surface area contributed by atoms with Gasteiger partial charge in [-0.2, -0.15) is 0 Å². The quantitative estimate of drug-likeness (QED) is 0.442. The molecule has 0 atom stereocenters. The first-order chi connectivity index (χ1) is 14.0. The molecule has 3 rings (SSSR count). The first-order valence-electron chi connectivity index (χ1n) is 8.41. The number of hydrogen-bond acceptors (Lipinski definition) is 7. The summed E-state index contributed by atoms with van der Waals surface area (Å²) < 4.78 is 21.1. The molecular formula is C20H18N2O6S. The van der Waals surface area contributed by atoms with Crippen molar-refractivity contribution in [2.75, 3.05) is 26.2 Å². The maximum absolute atomic E-state index is 13.0. The third-order valence-electron chi connectivity index (χ3n) is 4.08. The predicted molar refractivity (Wildman–Crippen MR) is 110 cm³/mol. The number of anilines is 1. The van der Waals surface area contributed by atoms with E-state index in [4.69, 9.17) is 30.8 Å². The third kappa shape index (κ3) is 3.99. The highest BCUT2D eigenvalue weighted by Crippen LogP contribution is 2.41. The highest BCUT2D eigenvalue weighted by Gasteiger charge is 2.35. The molecule has 1 saturated heterocycles. The molecule has 9 heteroatoms. The number of methoxy groups -OCH3 is 3. The average molecular weight is 414 g/mol. The van der Waals surface area contributed by atoms with Crippen molar-refractivity contribution in [3.05, 3.63) is 54.0 Å². The number of ether oxygens (including phenoxy) is 3. The van der Waals surface area contributed by atoms with Gasteiger partial charge in [0.15, 0.2) is 16.6 Å². The summed E-state index contributed by atoms with van der Waals surface area (Å²) in [7, 11) is 4.40. The van der Waals surface area contributed by atoms with Gasteiger partial charge in [-0.15, -0.1) is 0 Å². The van der Waals surface area contributed by atoms with Crippen LogP contribution in [-0.2, 0) is 9.59 Å². The van der Waals surface area contributed by atoms with Gasteiger partial charge in [-0.25, -0.2) is 0 Å². The van der Waals surface area contributed by atoms with Crippen molar-refractivity contribution in [1.82, 2.24) is 5.32 Å². The second-order valence-corrected chi connectivity index (χ2v) is 6.12. The Hall–Kier alpha value is -3.59. The van der Waals surface area contributed by atoms with Crippen LogP contribution in [0.25, 0.3) is 6.08 Å². The second kappa shape index (κ2) is 8.61. The minimum Gasteiger partial charge on any atom is -0.493 e. The number of amides is 2. The van der Waals surface area contributed by atoms with E-state index in [1.54, 1.807) is 36.4 Å². The average Bonchev–Trinajstić information content (AvgIpc) is 3.22. The van der Waals surface area contributed by atoms with Crippen LogP contribution in [-0.4, -0.2) is 38.3 Å². The van der Waals surface area contributed by atoms with Crippen molar-refractivity contribution in [3.63, 3.8) is 0 Å². The van der Waals surface area contributed by atoms with Gasteiger partial charge < -0.3 is 18.6 Å². The lowest BCUT2D eigenvalue weighted by atomic mass is 10.1. The number of thiocarbonyl (C=S) groups is 1. The van der Waals surface area contributed by atoms with Gasteiger partial charge in [0.05, 0.1) is 33.3 Å². The minimum absolute atomic E-state index is 0.0542. The number of carbonyl (C=O) groups excluding carboxylic acids is 2. The fourth-order valence-corrected chi connectivity index (χ4v) is 3.01. The van der Waals surface area contributed by atoms with Gasteiger partial charge in [-0.05, 0) is 36.5 Å². The van der Waals surface area contributed by atoms with Gasteiger partial charge in [-0.3, -0.25) is 19.8 Å². The molecule has 0 saturated carbocycles. The molecule has 8 nitrogen and oxygen atoms in total. The van der Waals surface area contributed by atoms with Crippen molar-refractivity contribution < 1.29 is 28.2 Å². The fraction of sp³-hybridized carbons (Fsp3) is 0.150. The van der Waals surface area contributed by atoms with E-state index in [-0.39, 0.29) is 10.7 Å². The molecule has 0 radical (unpaired) electrons. The topological polar surface area (TPSA) is 90.2 Å². The van der Waals surface area contributed by atoms with E-state index < -0.39 is 11.8 Å². The summed E-state index contributed by atoms with van der Waals surface area (Å²) >= 11 is 5.21. The van der Waals surface area contributed by atoms with Gasteiger partial charge in [-0.1, -0.05) is 6.08 Å². The van der Waals surface area contributed by atoms with Crippen molar-refractivity contribution in [3.8, 4) is 17.2 Å². The molecule has 1 N–H and O–H groups in total. The number of allylic oxidation sites excluding steroid dienone is 2. The summed E-state index contributed by atoms with van der Waals surface area (Å²) in [5, 5.41) is 2.46. The number of hydrogen-bond donors (Lipinski definition) is 1. The Bertz CT molecular complexity index is 985. The number of benzene rings is 1. The Labute approximate surface area is 172 Å². The van der Waals surface area contributed by atoms with E-state index in [0.29, 0.717) is 28.7 Å². The maximum Gasteiger partial charge on any atom is 0.270 e. The first kappa shape index (κ1) is 20.2. The zero-order valence-corrected chi connectivity index (χ0v) is 16.7. The van der Waals surface area contributed by atoms with Crippen LogP contribution >= 0.6 is 12.2 Å². The zero-order chi connectivity index (χ0) is 21.0. The summed E-state index contributed by atoms with van der Waals surface area (Å²) in [6.07, 6.45) is 6.10. The monoisotopic (exact) mass is 414 g/mol. The lowest BCUT2D eigenvalue weighted by Crippen LogP contribution is -2.54. The minimum atomic E-state index is -0.590. The summed E-state index contributed by atoms with van der Waals surface area (Å²) in [4.78, 5) is 26.5. The molecule has 29 heavy (non-hydrogen) atoms. The molecule has 1 aliphatic heterocycles. The number of nitrogens with zero attached hydrogens (tertiary/aromatic N) is 1. The van der Waals surface area contributed by atoms with Gasteiger partial charge in [0.25, 0.3) is 11.8 Å². The normalized spacial score (nSPS) is 15.8. The maximum atomic E-state index is 13.0. The molecule has 1 aromatic carbocycles. The standard InChI is InChI=1S/C20H18N2O6S/c1-25-15-10-12(11-16(26-2)17(15)27-3)22-19(24)14(18(23)21-20(22)29)8-4-6-13-7-5-9-28-13/h4-11H,1-3H3,(H,21,23,29)/b6-4+,14-8+. The van der Waals surface area contributed by atoms with Gasteiger partial charge in [0, 0.05) is 12.1 Å². The second-order valence-electron chi connectivity index (χ2n) is 5.74. The zero-order valence-electron chi connectivity index (χ0n) is 15.9. The number of carbonyl (C=O) groups is 2. The van der Waals surface area contributed by atoms with Crippen LogP contribution in [0, 0.1) is 0 Å². The Balaban J connectivity index is 1.99. The lowest BCUT2D eigenvalue weighted by molar-refractivity contribution is -0.122. The molecule has 1 fully saturated rings. The van der Waals surface area contributed by atoms with E-state index in [1.165, 1.54) is 38.6 Å². The summed E-state index contributed by atoms with van der Waals surface area (Å²) in [5.74, 6) is 0.470. The van der Waals surface area contributed by atoms with Gasteiger partial charge in [0.2, 0.25) is 5.75 Å². The molecule has 0 spiro atoms. The molecule has 1 aromatic heterocycles. The number of nitrogens with one attached hydrogen (secondary N) is 1. The van der Waals surface area contributed by atoms with E-state index in [9.17, 15) is 9.59 Å². The lowest BCUT2D eigenvalue weighted by Gasteiger charge is -2.29. The summed E-state index contributed by atoms with van der Waals surface area (Å²) in [5.41, 5.74) is 0.269. The molecule has 0 bridgehead atoms. The van der Waals surface area contributed by atoms with E-state index in [1.807, 2.05) is 0 Å². The number of rotatable bonds is 6. The van der Waals surface area contributed by atoms with Crippen molar-refractivity contribution >= 4 is 40.9 Å². The summed E-state index contributed by atoms with van der Waals surface area (Å²) in [6.45, 7) is 0. The van der Waals surface area contributed by atoms with Crippen LogP contribution < -0.4 is 24.4 Å². The highest BCUT2D eigenvalue weighted by atomic mass is 32.1. The van der Waals surface area contributed by atoms with Gasteiger partial charge in [0.1, 0.15) is 11.3 Å². The molecular weight excluding hydrogens is 396 g/mol. The van der Waals surface area contributed by atoms with Crippen LogP contribution in [0.5, 0.6) is 17.2 Å². The van der Waals surface area contributed by atoms with Crippen molar-refractivity contribution in [2.24, 2.45) is 0 Å². The molecule has 2 aromatic rings. The van der Waals surface area contributed by atoms with E-state index in [2.05, 4.69) is 5.32 Å². The Morgan fingerprint density at radius 3 is 2.34 bits per heavy atom. The first-order valence-corrected chi connectivity index (χ1v) is 8.82. The predicted octanol–water partition coefficient (Wildman–Crippen LogP) is 2.69. The highest BCUT2D eigenvalue weighted by molar-refractivity contribution is 7.80. The van der Waals surface area contributed by atoms with Crippen LogP contribution in [0.2, 0.25) is 0 Å². The SMILES string of the molecule is COc1cc(N2C(=O)/C(=C/C=C/c3ccco3)C(=O)NC2=S)cc(OC)c1OC. The van der Waals surface area contributed by atoms with E-state index in [0.717, 1.165) is 0 Å². The summed E-state index contributed by atoms with van der Waals surface area (Å²) in [6, 6.07) is 6.61. The fourth-order valence-electron chi connectivity index (χ4n) is 2.73. The molecule has 2 heterocycles. The Morgan fingerprint density at radius 2 is 1.79 bits per heavy atom. The molecule has 0 unspecified atom stereocenters. The van der Waals surface area contributed by atoms with E-state index >= 15 is 0 Å². The molecule has 0 aliphatic carbocycles. The molecule has 2 amide bonds. The molecule has 1 aliphatic rings. The molecule has 150 valence electrons. The van der Waals surface area contributed by atoms with Crippen LogP contribution in [0.15, 0.2) is 52.7 Å². The number of furan rings is 1. The van der Waals surface area contributed by atoms with Gasteiger partial charge >= 0.3 is 0 Å². The smallest absolute Gasteiger partial charge is 0.270 e. The largest absolute Gasteiger partial charge is 0.493 e. The van der Waals surface area contributed by atoms with Crippen molar-refractivity contribution in [1.29, 1.82) is 0 Å². The van der Waals surface area contributed by atoms with Crippen LogP contribution in [0.1, 0.15) is 5.76 Å². The third-order valence-corrected chi connectivity index (χ3v) is 4.36. The van der Waals surface area contributed by atoms with Crippen molar-refractivity contribution in [2.45, 2.75) is 0 Å². The Morgan fingerprint density at radius 1 is 1.10 bits per heavy atom.